The first-order chi connectivity index (χ1) is 17.2. The molecule has 1 aliphatic heterocycles. The van der Waals surface area contributed by atoms with Gasteiger partial charge in [-0.25, -0.2) is 9.97 Å². The molecule has 2 atom stereocenters. The van der Waals surface area contributed by atoms with Gasteiger partial charge in [-0.1, -0.05) is 17.3 Å². The molecule has 5 heterocycles. The lowest BCUT2D eigenvalue weighted by Crippen LogP contribution is -2.24. The molecule has 2 fully saturated rings. The first-order valence-corrected chi connectivity index (χ1v) is 11.6. The van der Waals surface area contributed by atoms with Crippen LogP contribution in [-0.4, -0.2) is 47.3 Å². The summed E-state index contributed by atoms with van der Waals surface area (Å²) in [5.74, 6) is 2.49. The van der Waals surface area contributed by atoms with Crippen LogP contribution < -0.4 is 10.5 Å². The summed E-state index contributed by atoms with van der Waals surface area (Å²) < 4.78 is 8.65. The molecule has 0 N–H and O–H groups in total. The Balaban J connectivity index is 1.05. The van der Waals surface area contributed by atoms with Crippen LogP contribution >= 0.6 is 0 Å². The fraction of sp³-hybridized carbons (Fsp3) is 0.280. The summed E-state index contributed by atoms with van der Waals surface area (Å²) in [5.41, 5.74) is 4.30. The standard InChI is InChI=1S/C25H22N8O2/c1-31-13-27-24-22(31)25(34)33(14-28-24)12-20-29-23(30-35-20)21-18-10-32(11-19(18)21)17-4-2-3-16(9-17)15-5-7-26-8-6-15/h2-9,13-14,18-19,21H,10-12H2,1H3. The van der Waals surface area contributed by atoms with Crippen molar-refractivity contribution in [3.8, 4) is 11.1 Å². The zero-order valence-electron chi connectivity index (χ0n) is 19.0. The van der Waals surface area contributed by atoms with Gasteiger partial charge in [-0.05, 0) is 47.2 Å². The Morgan fingerprint density at radius 2 is 1.83 bits per heavy atom. The van der Waals surface area contributed by atoms with Crippen LogP contribution in [0.1, 0.15) is 17.6 Å². The zero-order valence-corrected chi connectivity index (χ0v) is 19.0. The van der Waals surface area contributed by atoms with Crippen LogP contribution in [0.15, 0.2) is 70.8 Å². The van der Waals surface area contributed by atoms with E-state index < -0.39 is 0 Å². The summed E-state index contributed by atoms with van der Waals surface area (Å²) in [6, 6.07) is 12.7. The zero-order chi connectivity index (χ0) is 23.5. The molecule has 2 aliphatic rings. The maximum Gasteiger partial charge on any atom is 0.280 e. The number of aryl methyl sites for hydroxylation is 1. The van der Waals surface area contributed by atoms with E-state index in [-0.39, 0.29) is 12.1 Å². The largest absolute Gasteiger partial charge is 0.371 e. The monoisotopic (exact) mass is 466 g/mol. The molecule has 1 aromatic carbocycles. The summed E-state index contributed by atoms with van der Waals surface area (Å²) in [7, 11) is 1.78. The number of benzene rings is 1. The number of pyridine rings is 1. The lowest BCUT2D eigenvalue weighted by atomic mass is 10.1. The summed E-state index contributed by atoms with van der Waals surface area (Å²) >= 11 is 0. The Hall–Kier alpha value is -4.34. The molecule has 0 radical (unpaired) electrons. The quantitative estimate of drug-likeness (QED) is 0.389. The summed E-state index contributed by atoms with van der Waals surface area (Å²) in [4.78, 5) is 32.3. The molecule has 0 spiro atoms. The first kappa shape index (κ1) is 20.1. The van der Waals surface area contributed by atoms with Crippen LogP contribution in [0, 0.1) is 11.8 Å². The summed E-state index contributed by atoms with van der Waals surface area (Å²) in [5, 5.41) is 4.24. The van der Waals surface area contributed by atoms with Gasteiger partial charge < -0.3 is 14.0 Å². The number of nitrogens with zero attached hydrogens (tertiary/aromatic N) is 8. The van der Waals surface area contributed by atoms with Gasteiger partial charge >= 0.3 is 0 Å². The van der Waals surface area contributed by atoms with Crippen molar-refractivity contribution in [2.24, 2.45) is 18.9 Å². The first-order valence-electron chi connectivity index (χ1n) is 11.6. The molecule has 1 saturated heterocycles. The van der Waals surface area contributed by atoms with E-state index in [4.69, 9.17) is 4.52 Å². The van der Waals surface area contributed by atoms with Crippen LogP contribution in [0.2, 0.25) is 0 Å². The molecule has 174 valence electrons. The Morgan fingerprint density at radius 1 is 1.03 bits per heavy atom. The van der Waals surface area contributed by atoms with Crippen molar-refractivity contribution in [2.45, 2.75) is 12.5 Å². The molecular weight excluding hydrogens is 444 g/mol. The molecule has 5 aromatic rings. The number of fused-ring (bicyclic) bond motifs is 2. The highest BCUT2D eigenvalue weighted by atomic mass is 16.5. The fourth-order valence-electron chi connectivity index (χ4n) is 5.34. The van der Waals surface area contributed by atoms with Gasteiger partial charge in [-0.2, -0.15) is 4.98 Å². The van der Waals surface area contributed by atoms with E-state index in [2.05, 4.69) is 54.3 Å². The average Bonchev–Trinajstić information content (AvgIpc) is 3.30. The van der Waals surface area contributed by atoms with E-state index in [9.17, 15) is 4.79 Å². The average molecular weight is 467 g/mol. The van der Waals surface area contributed by atoms with E-state index in [0.717, 1.165) is 18.9 Å². The van der Waals surface area contributed by atoms with Crippen molar-refractivity contribution < 1.29 is 4.52 Å². The van der Waals surface area contributed by atoms with Gasteiger partial charge in [0.15, 0.2) is 17.0 Å². The third-order valence-corrected chi connectivity index (χ3v) is 7.21. The molecule has 0 bridgehead atoms. The van der Waals surface area contributed by atoms with Crippen molar-refractivity contribution >= 4 is 16.9 Å². The highest BCUT2D eigenvalue weighted by Crippen LogP contribution is 2.58. The summed E-state index contributed by atoms with van der Waals surface area (Å²) in [6.45, 7) is 2.13. The fourth-order valence-corrected chi connectivity index (χ4v) is 5.34. The van der Waals surface area contributed by atoms with Gasteiger partial charge in [0.05, 0.1) is 6.33 Å². The van der Waals surface area contributed by atoms with E-state index in [0.29, 0.717) is 34.8 Å². The Morgan fingerprint density at radius 3 is 2.66 bits per heavy atom. The van der Waals surface area contributed by atoms with Crippen molar-refractivity contribution in [2.75, 3.05) is 18.0 Å². The summed E-state index contributed by atoms with van der Waals surface area (Å²) in [6.07, 6.45) is 6.70. The second-order valence-electron chi connectivity index (χ2n) is 9.30. The third-order valence-electron chi connectivity index (χ3n) is 7.21. The topological polar surface area (TPSA) is 108 Å². The van der Waals surface area contributed by atoms with Crippen LogP contribution in [0.4, 0.5) is 5.69 Å². The highest BCUT2D eigenvalue weighted by Gasteiger charge is 2.58. The minimum atomic E-state index is -0.178. The second kappa shape index (κ2) is 7.59. The third kappa shape index (κ3) is 3.32. The Bertz CT molecular complexity index is 1590. The second-order valence-corrected chi connectivity index (χ2v) is 9.30. The number of piperidine rings is 1. The van der Waals surface area contributed by atoms with Crippen molar-refractivity contribution in [1.82, 2.24) is 34.2 Å². The molecule has 10 nitrogen and oxygen atoms in total. The molecule has 10 heteroatoms. The van der Waals surface area contributed by atoms with Gasteiger partial charge in [0.2, 0.25) is 5.89 Å². The lowest BCUT2D eigenvalue weighted by Gasteiger charge is -2.22. The number of anilines is 1. The van der Waals surface area contributed by atoms with Gasteiger partial charge in [-0.15, -0.1) is 0 Å². The van der Waals surface area contributed by atoms with Gasteiger partial charge in [-0.3, -0.25) is 14.3 Å². The molecule has 1 aliphatic carbocycles. The predicted octanol–water partition coefficient (Wildman–Crippen LogP) is 2.47. The van der Waals surface area contributed by atoms with Crippen LogP contribution in [0.25, 0.3) is 22.3 Å². The van der Waals surface area contributed by atoms with Crippen molar-refractivity contribution in [3.63, 3.8) is 0 Å². The molecule has 35 heavy (non-hydrogen) atoms. The molecule has 4 aromatic heterocycles. The SMILES string of the molecule is Cn1cnc2ncn(Cc3nc(C4C5CN(c6cccc(-c7ccncc7)c6)CC54)no3)c(=O)c21. The van der Waals surface area contributed by atoms with E-state index >= 15 is 0 Å². The van der Waals surface area contributed by atoms with Gasteiger partial charge in [0.1, 0.15) is 12.9 Å². The molecule has 0 amide bonds. The number of rotatable bonds is 5. The van der Waals surface area contributed by atoms with Crippen LogP contribution in [0.3, 0.4) is 0 Å². The molecule has 1 saturated carbocycles. The normalized spacial score (nSPS) is 20.9. The number of hydrogen-bond donors (Lipinski definition) is 0. The van der Waals surface area contributed by atoms with E-state index in [1.807, 2.05) is 24.5 Å². The molecule has 7 rings (SSSR count). The lowest BCUT2D eigenvalue weighted by molar-refractivity contribution is 0.363. The van der Waals surface area contributed by atoms with E-state index in [1.54, 1.807) is 17.9 Å². The maximum absolute atomic E-state index is 12.8. The number of imidazole rings is 1. The number of hydrogen-bond acceptors (Lipinski definition) is 8. The molecular formula is C25H22N8O2. The Labute approximate surface area is 199 Å². The smallest absolute Gasteiger partial charge is 0.280 e. The maximum atomic E-state index is 12.8. The van der Waals surface area contributed by atoms with Gasteiger partial charge in [0.25, 0.3) is 5.56 Å². The van der Waals surface area contributed by atoms with Crippen LogP contribution in [-0.2, 0) is 13.6 Å². The highest BCUT2D eigenvalue weighted by molar-refractivity contribution is 5.69. The molecule has 2 unspecified atom stereocenters. The number of aromatic nitrogens is 7. The minimum Gasteiger partial charge on any atom is -0.371 e. The van der Waals surface area contributed by atoms with Crippen molar-refractivity contribution in [1.29, 1.82) is 0 Å². The predicted molar refractivity (Wildman–Crippen MR) is 128 cm³/mol. The minimum absolute atomic E-state index is 0.178. The van der Waals surface area contributed by atoms with Crippen molar-refractivity contribution in [3.05, 3.63) is 83.5 Å². The van der Waals surface area contributed by atoms with Crippen LogP contribution in [0.5, 0.6) is 0 Å². The van der Waals surface area contributed by atoms with E-state index in [1.165, 1.54) is 27.7 Å². The van der Waals surface area contributed by atoms with Gasteiger partial charge in [0, 0.05) is 44.1 Å². The Kier molecular flexibility index (Phi) is 4.35.